The maximum atomic E-state index is 12.0. The average molecular weight is 492 g/mol. The van der Waals surface area contributed by atoms with Gasteiger partial charge in [0, 0.05) is 0 Å². The highest BCUT2D eigenvalue weighted by Gasteiger charge is 2.15. The Hall–Kier alpha value is -3.51. The van der Waals surface area contributed by atoms with E-state index in [0.717, 1.165) is 61.2 Å². The zero-order valence-corrected chi connectivity index (χ0v) is 20.8. The number of unbranched alkanes of at least 4 members (excludes halogenated alkanes) is 5. The van der Waals surface area contributed by atoms with Gasteiger partial charge in [0.05, 0.1) is 13.2 Å². The molecular weight excluding hydrogens is 454 g/mol. The second-order valence-electron chi connectivity index (χ2n) is 8.86. The molecule has 0 bridgehead atoms. The highest BCUT2D eigenvalue weighted by molar-refractivity contribution is 5.75. The van der Waals surface area contributed by atoms with Crippen LogP contribution in [0.3, 0.4) is 0 Å². The van der Waals surface area contributed by atoms with Crippen molar-refractivity contribution >= 4 is 5.97 Å². The number of hydrogen-bond donors (Lipinski definition) is 2. The van der Waals surface area contributed by atoms with Crippen molar-refractivity contribution in [3.05, 3.63) is 90.0 Å². The van der Waals surface area contributed by atoms with Crippen LogP contribution >= 0.6 is 0 Å². The van der Waals surface area contributed by atoms with Crippen LogP contribution in [-0.2, 0) is 22.6 Å². The van der Waals surface area contributed by atoms with E-state index in [1.807, 2.05) is 54.6 Å². The molecule has 3 aromatic rings. The lowest BCUT2D eigenvalue weighted by Gasteiger charge is -2.12. The first kappa shape index (κ1) is 27.1. The van der Waals surface area contributed by atoms with Gasteiger partial charge in [0.25, 0.3) is 0 Å². The molecule has 0 aliphatic carbocycles. The van der Waals surface area contributed by atoms with E-state index in [0.29, 0.717) is 26.2 Å². The summed E-state index contributed by atoms with van der Waals surface area (Å²) in [5, 5.41) is 9.31. The van der Waals surface area contributed by atoms with Crippen LogP contribution in [0.15, 0.2) is 78.9 Å². The molecule has 0 saturated heterocycles. The molecule has 0 unspecified atom stereocenters. The normalized spacial score (nSPS) is 11.6. The Balaban J connectivity index is 1.15. The summed E-state index contributed by atoms with van der Waals surface area (Å²) in [7, 11) is 0. The second kappa shape index (κ2) is 15.5. The highest BCUT2D eigenvalue weighted by atomic mass is 16.5. The van der Waals surface area contributed by atoms with Gasteiger partial charge in [-0.2, -0.15) is 0 Å². The first-order valence-corrected chi connectivity index (χ1v) is 12.7. The zero-order valence-electron chi connectivity index (χ0n) is 20.8. The molecular formula is C30H37NO5. The van der Waals surface area contributed by atoms with Crippen molar-refractivity contribution in [3.63, 3.8) is 0 Å². The number of carbonyl (C=O) groups excluding carboxylic acids is 1. The molecule has 192 valence electrons. The molecule has 0 saturated carbocycles. The predicted molar refractivity (Wildman–Crippen MR) is 141 cm³/mol. The zero-order chi connectivity index (χ0) is 25.4. The van der Waals surface area contributed by atoms with Crippen LogP contribution in [0.1, 0.15) is 49.7 Å². The standard InChI is InChI=1S/C30H37NO5/c31-29(22-24-12-14-26(32)15-13-24)30(33)35-21-9-4-2-1-3-8-20-34-27-16-18-28(19-17-27)36-23-25-10-6-5-7-11-25/h5-7,10-19,29,32H,1-4,8-9,20-23,31H2/t29-/m0/s1. The predicted octanol–water partition coefficient (Wildman–Crippen LogP) is 5.80. The van der Waals surface area contributed by atoms with Crippen molar-refractivity contribution in [2.45, 2.75) is 57.6 Å². The minimum Gasteiger partial charge on any atom is -0.508 e. The summed E-state index contributed by atoms with van der Waals surface area (Å²) in [6, 6.07) is 23.9. The fourth-order valence-corrected chi connectivity index (χ4v) is 3.72. The average Bonchev–Trinajstić information content (AvgIpc) is 2.91. The van der Waals surface area contributed by atoms with Crippen LogP contribution < -0.4 is 15.2 Å². The fraction of sp³-hybridized carbons (Fsp3) is 0.367. The number of rotatable bonds is 16. The lowest BCUT2D eigenvalue weighted by Crippen LogP contribution is -2.34. The molecule has 0 aliphatic rings. The minimum atomic E-state index is -0.687. The first-order chi connectivity index (χ1) is 17.6. The second-order valence-corrected chi connectivity index (χ2v) is 8.86. The molecule has 36 heavy (non-hydrogen) atoms. The Kier molecular flexibility index (Phi) is 11.6. The molecule has 0 radical (unpaired) electrons. The first-order valence-electron chi connectivity index (χ1n) is 12.7. The molecule has 0 aliphatic heterocycles. The molecule has 0 heterocycles. The Labute approximate surface area is 214 Å². The van der Waals surface area contributed by atoms with Crippen LogP contribution in [0.5, 0.6) is 17.2 Å². The van der Waals surface area contributed by atoms with Crippen LogP contribution in [0.25, 0.3) is 0 Å². The fourth-order valence-electron chi connectivity index (χ4n) is 3.72. The minimum absolute atomic E-state index is 0.193. The van der Waals surface area contributed by atoms with Crippen molar-refractivity contribution < 1.29 is 24.1 Å². The summed E-state index contributed by atoms with van der Waals surface area (Å²) >= 11 is 0. The lowest BCUT2D eigenvalue weighted by molar-refractivity contribution is -0.145. The van der Waals surface area contributed by atoms with Gasteiger partial charge in [-0.25, -0.2) is 0 Å². The molecule has 3 N–H and O–H groups in total. The number of benzene rings is 3. The van der Waals surface area contributed by atoms with Gasteiger partial charge >= 0.3 is 5.97 Å². The number of phenols is 1. The van der Waals surface area contributed by atoms with Crippen molar-refractivity contribution in [1.82, 2.24) is 0 Å². The van der Waals surface area contributed by atoms with Crippen LogP contribution in [-0.4, -0.2) is 30.3 Å². The lowest BCUT2D eigenvalue weighted by atomic mass is 10.1. The molecule has 0 aromatic heterocycles. The summed E-state index contributed by atoms with van der Waals surface area (Å²) in [6.45, 7) is 1.65. The van der Waals surface area contributed by atoms with Crippen molar-refractivity contribution in [1.29, 1.82) is 0 Å². The smallest absolute Gasteiger partial charge is 0.323 e. The van der Waals surface area contributed by atoms with Gasteiger partial charge in [-0.05, 0) is 66.8 Å². The molecule has 0 fully saturated rings. The summed E-state index contributed by atoms with van der Waals surface area (Å²) in [6.07, 6.45) is 6.60. The van der Waals surface area contributed by atoms with Gasteiger partial charge < -0.3 is 25.1 Å². The van der Waals surface area contributed by atoms with Crippen molar-refractivity contribution in [2.75, 3.05) is 13.2 Å². The number of carbonyl (C=O) groups is 1. The molecule has 1 atom stereocenters. The Morgan fingerprint density at radius 3 is 1.94 bits per heavy atom. The topological polar surface area (TPSA) is 91.0 Å². The number of nitrogens with two attached hydrogens (primary N) is 1. The van der Waals surface area contributed by atoms with Gasteiger partial charge in [0.15, 0.2) is 0 Å². The molecule has 3 rings (SSSR count). The highest BCUT2D eigenvalue weighted by Crippen LogP contribution is 2.19. The van der Waals surface area contributed by atoms with E-state index >= 15 is 0 Å². The van der Waals surface area contributed by atoms with E-state index in [-0.39, 0.29) is 11.7 Å². The molecule has 6 heteroatoms. The summed E-state index contributed by atoms with van der Waals surface area (Å²) in [5.41, 5.74) is 7.96. The van der Waals surface area contributed by atoms with Gasteiger partial charge in [-0.15, -0.1) is 0 Å². The third-order valence-corrected chi connectivity index (χ3v) is 5.82. The molecule has 0 spiro atoms. The molecule has 0 amide bonds. The SMILES string of the molecule is N[C@@H](Cc1ccc(O)cc1)C(=O)OCCCCCCCCOc1ccc(OCc2ccccc2)cc1. The van der Waals surface area contributed by atoms with E-state index in [9.17, 15) is 9.90 Å². The van der Waals surface area contributed by atoms with Gasteiger partial charge in [0.1, 0.15) is 29.9 Å². The third kappa shape index (κ3) is 10.4. The van der Waals surface area contributed by atoms with Crippen LogP contribution in [0.4, 0.5) is 0 Å². The number of esters is 1. The van der Waals surface area contributed by atoms with Gasteiger partial charge in [-0.3, -0.25) is 4.79 Å². The van der Waals surface area contributed by atoms with Gasteiger partial charge in [-0.1, -0.05) is 68.1 Å². The van der Waals surface area contributed by atoms with Crippen molar-refractivity contribution in [3.8, 4) is 17.2 Å². The Morgan fingerprint density at radius 2 is 1.28 bits per heavy atom. The maximum absolute atomic E-state index is 12.0. The van der Waals surface area contributed by atoms with E-state index < -0.39 is 6.04 Å². The quantitative estimate of drug-likeness (QED) is 0.194. The van der Waals surface area contributed by atoms with E-state index in [1.165, 1.54) is 0 Å². The van der Waals surface area contributed by atoms with E-state index in [2.05, 4.69) is 0 Å². The summed E-state index contributed by atoms with van der Waals surface area (Å²) in [4.78, 5) is 12.0. The Morgan fingerprint density at radius 1 is 0.694 bits per heavy atom. The van der Waals surface area contributed by atoms with Crippen molar-refractivity contribution in [2.24, 2.45) is 5.73 Å². The largest absolute Gasteiger partial charge is 0.508 e. The monoisotopic (exact) mass is 491 g/mol. The summed E-state index contributed by atoms with van der Waals surface area (Å²) in [5.74, 6) is 1.50. The maximum Gasteiger partial charge on any atom is 0.323 e. The number of aromatic hydroxyl groups is 1. The van der Waals surface area contributed by atoms with E-state index in [1.54, 1.807) is 24.3 Å². The van der Waals surface area contributed by atoms with Gasteiger partial charge in [0.2, 0.25) is 0 Å². The number of ether oxygens (including phenoxy) is 3. The third-order valence-electron chi connectivity index (χ3n) is 5.82. The number of phenolic OH excluding ortho intramolecular Hbond substituents is 1. The van der Waals surface area contributed by atoms with E-state index in [4.69, 9.17) is 19.9 Å². The number of hydrogen-bond acceptors (Lipinski definition) is 6. The molecule has 6 nitrogen and oxygen atoms in total. The van der Waals surface area contributed by atoms with Crippen LogP contribution in [0, 0.1) is 0 Å². The summed E-state index contributed by atoms with van der Waals surface area (Å²) < 4.78 is 16.9. The van der Waals surface area contributed by atoms with Crippen LogP contribution in [0.2, 0.25) is 0 Å². The molecule has 3 aromatic carbocycles. The Bertz CT molecular complexity index is 1010.